The van der Waals surface area contributed by atoms with Gasteiger partial charge in [-0.05, 0) is 202 Å². The molecule has 72 heavy (non-hydrogen) atoms. The Morgan fingerprint density at radius 1 is 0.375 bits per heavy atom. The summed E-state index contributed by atoms with van der Waals surface area (Å²) in [7, 11) is 0. The molecule has 0 bridgehead atoms. The number of para-hydroxylation sites is 2. The van der Waals surface area contributed by atoms with Crippen molar-refractivity contribution in [2.24, 2.45) is 11.8 Å². The van der Waals surface area contributed by atoms with E-state index >= 15 is 0 Å². The standard InChI is InChI=1S/C70H68N2/c1-7-47-37-39-69(5)67(3,45-47)61-43-53(31-35-63(61)71(69)55-25-17-11-18-26-55)51-29-33-57-59(41-51)65(49-21-13-9-14-22-49)58-34-30-52(42-60(58)66(57)50-23-15-10-16-24-50)54-32-36-64-62(44-54)68(4)46-48(8-2)38-40-70(68,6)72(64)56-27-19-12-20-28-56/h9-36,41-44,47-48H,7-8,37-40,45-46H2,1-6H3. The lowest BCUT2D eigenvalue weighted by Crippen LogP contribution is -2.56. The Morgan fingerprint density at radius 2 is 0.722 bits per heavy atom. The molecule has 6 unspecified atom stereocenters. The maximum Gasteiger partial charge on any atom is 0.0518 e. The molecule has 0 spiro atoms. The molecule has 0 saturated heterocycles. The Hall–Kier alpha value is -6.90. The largest absolute Gasteiger partial charge is 0.334 e. The van der Waals surface area contributed by atoms with E-state index in [1.165, 1.54) is 151 Å². The highest BCUT2D eigenvalue weighted by Crippen LogP contribution is 2.64. The molecule has 9 aromatic rings. The quantitative estimate of drug-likeness (QED) is 0.140. The van der Waals surface area contributed by atoms with E-state index in [0.717, 1.165) is 11.8 Å². The van der Waals surface area contributed by atoms with Gasteiger partial charge in [-0.2, -0.15) is 0 Å². The second-order valence-electron chi connectivity index (χ2n) is 23.1. The first-order valence-electron chi connectivity index (χ1n) is 27.2. The van der Waals surface area contributed by atoms with Gasteiger partial charge in [-0.15, -0.1) is 0 Å². The molecule has 2 saturated carbocycles. The van der Waals surface area contributed by atoms with Gasteiger partial charge in [-0.1, -0.05) is 174 Å². The van der Waals surface area contributed by atoms with Crippen molar-refractivity contribution in [2.45, 2.75) is 115 Å². The number of benzene rings is 9. The molecule has 2 heteroatoms. The molecule has 358 valence electrons. The fourth-order valence-electron chi connectivity index (χ4n) is 15.2. The summed E-state index contributed by atoms with van der Waals surface area (Å²) in [6.07, 6.45) is 9.81. The monoisotopic (exact) mass is 937 g/mol. The van der Waals surface area contributed by atoms with Crippen molar-refractivity contribution in [1.82, 2.24) is 0 Å². The summed E-state index contributed by atoms with van der Waals surface area (Å²) in [6.45, 7) is 15.0. The Labute approximate surface area is 428 Å². The fourth-order valence-corrected chi connectivity index (χ4v) is 15.2. The zero-order valence-electron chi connectivity index (χ0n) is 43.2. The van der Waals surface area contributed by atoms with E-state index in [9.17, 15) is 0 Å². The van der Waals surface area contributed by atoms with Crippen LogP contribution in [0.1, 0.15) is 104 Å². The summed E-state index contributed by atoms with van der Waals surface area (Å²) < 4.78 is 0. The fraction of sp³-hybridized carbons (Fsp3) is 0.286. The van der Waals surface area contributed by atoms with Gasteiger partial charge in [0, 0.05) is 33.6 Å². The van der Waals surface area contributed by atoms with Crippen LogP contribution in [0.5, 0.6) is 0 Å². The van der Waals surface area contributed by atoms with Gasteiger partial charge in [-0.25, -0.2) is 0 Å². The zero-order chi connectivity index (χ0) is 49.0. The van der Waals surface area contributed by atoms with Crippen molar-refractivity contribution in [1.29, 1.82) is 0 Å². The second kappa shape index (κ2) is 16.8. The number of nitrogens with zero attached hydrogens (tertiary/aromatic N) is 2. The molecule has 2 nitrogen and oxygen atoms in total. The predicted molar refractivity (Wildman–Crippen MR) is 307 cm³/mol. The Kier molecular flexibility index (Phi) is 10.5. The van der Waals surface area contributed by atoms with Gasteiger partial charge >= 0.3 is 0 Å². The van der Waals surface area contributed by atoms with E-state index in [1.54, 1.807) is 0 Å². The van der Waals surface area contributed by atoms with Crippen molar-refractivity contribution < 1.29 is 0 Å². The molecular formula is C70H68N2. The molecule has 4 aliphatic rings. The normalized spacial score (nSPS) is 25.3. The third-order valence-electron chi connectivity index (χ3n) is 19.6. The third kappa shape index (κ3) is 6.53. The van der Waals surface area contributed by atoms with Crippen LogP contribution in [0.2, 0.25) is 0 Å². The van der Waals surface area contributed by atoms with E-state index in [4.69, 9.17) is 0 Å². The predicted octanol–water partition coefficient (Wildman–Crippen LogP) is 19.4. The van der Waals surface area contributed by atoms with E-state index in [2.05, 4.69) is 245 Å². The highest BCUT2D eigenvalue weighted by atomic mass is 15.3. The summed E-state index contributed by atoms with van der Waals surface area (Å²) in [4.78, 5) is 5.41. The van der Waals surface area contributed by atoms with Crippen LogP contribution < -0.4 is 9.80 Å². The molecule has 9 aromatic carbocycles. The summed E-state index contributed by atoms with van der Waals surface area (Å²) >= 11 is 0. The first kappa shape index (κ1) is 45.0. The molecule has 2 heterocycles. The summed E-state index contributed by atoms with van der Waals surface area (Å²) in [5.41, 5.74) is 18.5. The minimum atomic E-state index is -0.0119. The zero-order valence-corrected chi connectivity index (χ0v) is 43.2. The summed E-state index contributed by atoms with van der Waals surface area (Å²) in [6, 6.07) is 74.3. The number of rotatable bonds is 8. The highest BCUT2D eigenvalue weighted by Gasteiger charge is 2.60. The van der Waals surface area contributed by atoms with Crippen LogP contribution in [0.25, 0.3) is 66.1 Å². The molecule has 0 aromatic heterocycles. The molecule has 13 rings (SSSR count). The van der Waals surface area contributed by atoms with Gasteiger partial charge in [0.15, 0.2) is 0 Å². The van der Waals surface area contributed by atoms with Crippen LogP contribution in [0, 0.1) is 11.8 Å². The van der Waals surface area contributed by atoms with Crippen molar-refractivity contribution >= 4 is 44.3 Å². The maximum atomic E-state index is 2.70. The van der Waals surface area contributed by atoms with E-state index in [1.807, 2.05) is 0 Å². The summed E-state index contributed by atoms with van der Waals surface area (Å²) in [5, 5.41) is 5.15. The molecular weight excluding hydrogens is 869 g/mol. The molecule has 0 N–H and O–H groups in total. The van der Waals surface area contributed by atoms with E-state index < -0.39 is 0 Å². The van der Waals surface area contributed by atoms with Gasteiger partial charge in [0.05, 0.1) is 11.1 Å². The van der Waals surface area contributed by atoms with Gasteiger partial charge in [-0.3, -0.25) is 0 Å². The maximum absolute atomic E-state index is 2.70. The Bertz CT molecular complexity index is 3290. The smallest absolute Gasteiger partial charge is 0.0518 e. The average molecular weight is 937 g/mol. The van der Waals surface area contributed by atoms with Gasteiger partial charge in [0.1, 0.15) is 0 Å². The number of anilines is 4. The number of hydrogen-bond acceptors (Lipinski definition) is 2. The number of fused-ring (bicyclic) bond motifs is 8. The van der Waals surface area contributed by atoms with Crippen molar-refractivity contribution in [3.05, 3.63) is 205 Å². The lowest BCUT2D eigenvalue weighted by molar-refractivity contribution is 0.143. The van der Waals surface area contributed by atoms with Crippen LogP contribution in [-0.4, -0.2) is 11.1 Å². The molecule has 6 atom stereocenters. The summed E-state index contributed by atoms with van der Waals surface area (Å²) in [5.74, 6) is 1.46. The molecule has 2 aliphatic carbocycles. The molecule has 0 amide bonds. The van der Waals surface area contributed by atoms with Crippen LogP contribution in [0.4, 0.5) is 22.7 Å². The van der Waals surface area contributed by atoms with Gasteiger partial charge in [0.2, 0.25) is 0 Å². The Morgan fingerprint density at radius 3 is 1.10 bits per heavy atom. The first-order valence-corrected chi connectivity index (χ1v) is 27.2. The molecule has 2 aliphatic heterocycles. The van der Waals surface area contributed by atoms with Crippen LogP contribution >= 0.6 is 0 Å². The van der Waals surface area contributed by atoms with Crippen molar-refractivity contribution in [2.75, 3.05) is 9.80 Å². The van der Waals surface area contributed by atoms with E-state index in [0.29, 0.717) is 0 Å². The third-order valence-corrected chi connectivity index (χ3v) is 19.6. The number of hydrogen-bond donors (Lipinski definition) is 0. The van der Waals surface area contributed by atoms with E-state index in [-0.39, 0.29) is 21.9 Å². The Balaban J connectivity index is 1.00. The van der Waals surface area contributed by atoms with Crippen molar-refractivity contribution in [3.8, 4) is 44.5 Å². The molecule has 2 fully saturated rings. The lowest BCUT2D eigenvalue weighted by atomic mass is 9.58. The lowest BCUT2D eigenvalue weighted by Gasteiger charge is -2.52. The SMILES string of the molecule is CCC1CCC2(C)N(c3ccccc3)c3ccc(-c4ccc5c(-c6ccccc6)c6cc(-c7ccc8c(c7)C7(C)CC(CC)CCC7(C)N8c7ccccc7)ccc6c(-c6ccccc6)c5c4)cc3C2(C)C1. The topological polar surface area (TPSA) is 6.48 Å². The van der Waals surface area contributed by atoms with Gasteiger partial charge in [0.25, 0.3) is 0 Å². The van der Waals surface area contributed by atoms with Crippen molar-refractivity contribution in [3.63, 3.8) is 0 Å². The molecule has 0 radical (unpaired) electrons. The second-order valence-corrected chi connectivity index (χ2v) is 23.1. The van der Waals surface area contributed by atoms with Crippen LogP contribution in [0.15, 0.2) is 194 Å². The first-order chi connectivity index (χ1) is 35.1. The highest BCUT2D eigenvalue weighted by molar-refractivity contribution is 6.22. The van der Waals surface area contributed by atoms with Crippen LogP contribution in [0.3, 0.4) is 0 Å². The average Bonchev–Trinajstić information content (AvgIpc) is 3.76. The minimum Gasteiger partial charge on any atom is -0.334 e. The minimum absolute atomic E-state index is 0.0119. The van der Waals surface area contributed by atoms with Gasteiger partial charge < -0.3 is 9.80 Å². The van der Waals surface area contributed by atoms with Crippen LogP contribution in [-0.2, 0) is 10.8 Å².